The fourth-order valence-electron chi connectivity index (χ4n) is 3.29. The van der Waals surface area contributed by atoms with Crippen LogP contribution in [0.25, 0.3) is 0 Å². The van der Waals surface area contributed by atoms with E-state index in [0.717, 1.165) is 39.6 Å². The summed E-state index contributed by atoms with van der Waals surface area (Å²) in [5.74, 6) is 0. The van der Waals surface area contributed by atoms with Crippen molar-refractivity contribution in [2.75, 3.05) is 39.6 Å². The van der Waals surface area contributed by atoms with Crippen LogP contribution < -0.4 is 0 Å². The van der Waals surface area contributed by atoms with Gasteiger partial charge in [0.25, 0.3) is 0 Å². The molecule has 2 aliphatic rings. The van der Waals surface area contributed by atoms with Crippen molar-refractivity contribution in [1.82, 2.24) is 0 Å². The van der Waals surface area contributed by atoms with Crippen molar-refractivity contribution in [1.29, 1.82) is 0 Å². The highest BCUT2D eigenvalue weighted by molar-refractivity contribution is 4.67. The van der Waals surface area contributed by atoms with Gasteiger partial charge >= 0.3 is 0 Å². The number of ether oxygens (including phenoxy) is 4. The molecule has 2 heterocycles. The predicted molar refractivity (Wildman–Crippen MR) is 106 cm³/mol. The minimum Gasteiger partial charge on any atom is -0.379 e. The molecule has 4 nitrogen and oxygen atoms in total. The smallest absolute Gasteiger partial charge is 0.104 e. The molecular weight excluding hydrogens is 328 g/mol. The maximum absolute atomic E-state index is 5.56. The molecule has 0 aromatic heterocycles. The summed E-state index contributed by atoms with van der Waals surface area (Å²) >= 11 is 0. The minimum absolute atomic E-state index is 0.419. The zero-order valence-electron chi connectivity index (χ0n) is 16.9. The molecule has 2 saturated heterocycles. The third-order valence-corrected chi connectivity index (χ3v) is 5.24. The van der Waals surface area contributed by atoms with Crippen LogP contribution in [0.2, 0.25) is 0 Å². The monoisotopic (exact) mass is 370 g/mol. The fourth-order valence-corrected chi connectivity index (χ4v) is 3.29. The van der Waals surface area contributed by atoms with Crippen molar-refractivity contribution in [3.05, 3.63) is 0 Å². The van der Waals surface area contributed by atoms with Crippen LogP contribution in [0.15, 0.2) is 0 Å². The molecule has 2 fully saturated rings. The van der Waals surface area contributed by atoms with Crippen LogP contribution >= 0.6 is 0 Å². The van der Waals surface area contributed by atoms with Crippen LogP contribution in [0.1, 0.15) is 89.9 Å². The molecule has 2 aliphatic heterocycles. The molecule has 0 aliphatic carbocycles. The third kappa shape index (κ3) is 15.0. The topological polar surface area (TPSA) is 43.5 Å². The first-order valence-electron chi connectivity index (χ1n) is 11.3. The SMILES string of the molecule is C(CCCCCCCCOCC1CO1)CCCCCCCOCC1CO1. The minimum atomic E-state index is 0.419. The Bertz CT molecular complexity index is 273. The lowest BCUT2D eigenvalue weighted by Crippen LogP contribution is -2.02. The lowest BCUT2D eigenvalue weighted by atomic mass is 10.0. The quantitative estimate of drug-likeness (QED) is 0.204. The van der Waals surface area contributed by atoms with E-state index in [4.69, 9.17) is 18.9 Å². The summed E-state index contributed by atoms with van der Waals surface area (Å²) in [5.41, 5.74) is 0. The van der Waals surface area contributed by atoms with Crippen molar-refractivity contribution < 1.29 is 18.9 Å². The largest absolute Gasteiger partial charge is 0.379 e. The summed E-state index contributed by atoms with van der Waals surface area (Å²) in [7, 11) is 0. The molecule has 154 valence electrons. The molecule has 0 saturated carbocycles. The van der Waals surface area contributed by atoms with Gasteiger partial charge in [-0.3, -0.25) is 0 Å². The van der Waals surface area contributed by atoms with Crippen molar-refractivity contribution in [2.24, 2.45) is 0 Å². The van der Waals surface area contributed by atoms with Gasteiger partial charge in [-0.05, 0) is 12.8 Å². The summed E-state index contributed by atoms with van der Waals surface area (Å²) < 4.78 is 21.4. The Labute approximate surface area is 161 Å². The summed E-state index contributed by atoms with van der Waals surface area (Å²) in [6, 6.07) is 0. The average Bonchev–Trinajstić information content (AvgIpc) is 3.54. The number of rotatable bonds is 21. The number of epoxide rings is 2. The molecule has 0 N–H and O–H groups in total. The van der Waals surface area contributed by atoms with Crippen LogP contribution in [0.5, 0.6) is 0 Å². The summed E-state index contributed by atoms with van der Waals surface area (Å²) in [4.78, 5) is 0. The van der Waals surface area contributed by atoms with Crippen LogP contribution in [-0.4, -0.2) is 51.8 Å². The molecule has 4 heteroatoms. The Morgan fingerprint density at radius 2 is 0.731 bits per heavy atom. The highest BCUT2D eigenvalue weighted by Gasteiger charge is 2.22. The standard InChI is InChI=1S/C22H42O4/c1(3-5-7-9-11-13-15-23-17-21-19-25-21)2-4-6-8-10-12-14-16-24-18-22-20-26-22/h21-22H,1-20H2. The molecule has 26 heavy (non-hydrogen) atoms. The predicted octanol–water partition coefficient (Wildman–Crippen LogP) is 5.28. The van der Waals surface area contributed by atoms with Gasteiger partial charge in [-0.1, -0.05) is 77.0 Å². The van der Waals surface area contributed by atoms with Gasteiger partial charge in [0.2, 0.25) is 0 Å². The number of unbranched alkanes of at least 4 members (excludes halogenated alkanes) is 13. The van der Waals surface area contributed by atoms with E-state index in [1.807, 2.05) is 0 Å². The van der Waals surface area contributed by atoms with Gasteiger partial charge in [0.15, 0.2) is 0 Å². The molecule has 0 aromatic rings. The van der Waals surface area contributed by atoms with Gasteiger partial charge in [0, 0.05) is 13.2 Å². The molecule has 2 atom stereocenters. The van der Waals surface area contributed by atoms with Crippen molar-refractivity contribution in [2.45, 2.75) is 102 Å². The molecular formula is C22H42O4. The number of hydrogen-bond acceptors (Lipinski definition) is 4. The van der Waals surface area contributed by atoms with E-state index in [9.17, 15) is 0 Å². The van der Waals surface area contributed by atoms with Gasteiger partial charge < -0.3 is 18.9 Å². The Hall–Kier alpha value is -0.160. The molecule has 0 spiro atoms. The first kappa shape index (κ1) is 22.1. The maximum atomic E-state index is 5.56. The molecule has 2 unspecified atom stereocenters. The van der Waals surface area contributed by atoms with Crippen molar-refractivity contribution >= 4 is 0 Å². The lowest BCUT2D eigenvalue weighted by Gasteiger charge is -2.04. The van der Waals surface area contributed by atoms with E-state index in [0.29, 0.717) is 12.2 Å². The van der Waals surface area contributed by atoms with Gasteiger partial charge in [-0.25, -0.2) is 0 Å². The normalized spacial score (nSPS) is 21.2. The first-order chi connectivity index (χ1) is 12.9. The Morgan fingerprint density at radius 3 is 1.00 bits per heavy atom. The van der Waals surface area contributed by atoms with Crippen molar-refractivity contribution in [3.63, 3.8) is 0 Å². The average molecular weight is 371 g/mol. The van der Waals surface area contributed by atoms with Gasteiger partial charge in [-0.15, -0.1) is 0 Å². The van der Waals surface area contributed by atoms with Gasteiger partial charge in [-0.2, -0.15) is 0 Å². The molecule has 0 radical (unpaired) electrons. The fraction of sp³-hybridized carbons (Fsp3) is 1.00. The lowest BCUT2D eigenvalue weighted by molar-refractivity contribution is 0.113. The Kier molecular flexibility index (Phi) is 13.5. The van der Waals surface area contributed by atoms with E-state index in [-0.39, 0.29) is 0 Å². The van der Waals surface area contributed by atoms with E-state index in [1.54, 1.807) is 0 Å². The van der Waals surface area contributed by atoms with Crippen LogP contribution in [-0.2, 0) is 18.9 Å². The van der Waals surface area contributed by atoms with Crippen molar-refractivity contribution in [3.8, 4) is 0 Å². The second kappa shape index (κ2) is 15.9. The molecule has 0 bridgehead atoms. The first-order valence-corrected chi connectivity index (χ1v) is 11.3. The van der Waals surface area contributed by atoms with E-state index in [2.05, 4.69) is 0 Å². The molecule has 0 aromatic carbocycles. The summed E-state index contributed by atoms with van der Waals surface area (Å²) in [6.07, 6.45) is 20.0. The van der Waals surface area contributed by atoms with E-state index >= 15 is 0 Å². The van der Waals surface area contributed by atoms with Gasteiger partial charge in [0.05, 0.1) is 26.4 Å². The Balaban J connectivity index is 1.14. The second-order valence-corrected chi connectivity index (χ2v) is 8.01. The maximum Gasteiger partial charge on any atom is 0.104 e. The highest BCUT2D eigenvalue weighted by Crippen LogP contribution is 2.14. The number of hydrogen-bond donors (Lipinski definition) is 0. The second-order valence-electron chi connectivity index (χ2n) is 8.01. The van der Waals surface area contributed by atoms with E-state index in [1.165, 1.54) is 89.9 Å². The van der Waals surface area contributed by atoms with Crippen LogP contribution in [0.3, 0.4) is 0 Å². The molecule has 0 amide bonds. The third-order valence-electron chi connectivity index (χ3n) is 5.24. The van der Waals surface area contributed by atoms with Crippen LogP contribution in [0.4, 0.5) is 0 Å². The molecule has 2 rings (SSSR count). The van der Waals surface area contributed by atoms with E-state index < -0.39 is 0 Å². The zero-order chi connectivity index (χ0) is 18.1. The van der Waals surface area contributed by atoms with Crippen LogP contribution in [0, 0.1) is 0 Å². The zero-order valence-corrected chi connectivity index (χ0v) is 16.9. The highest BCUT2D eigenvalue weighted by atomic mass is 16.6. The summed E-state index contributed by atoms with van der Waals surface area (Å²) in [5, 5.41) is 0. The Morgan fingerprint density at radius 1 is 0.462 bits per heavy atom. The van der Waals surface area contributed by atoms with Gasteiger partial charge in [0.1, 0.15) is 12.2 Å². The summed E-state index contributed by atoms with van der Waals surface area (Å²) in [6.45, 7) is 5.28.